The summed E-state index contributed by atoms with van der Waals surface area (Å²) < 4.78 is 2.05. The number of carbonyl (C=O) groups excluding carboxylic acids is 1. The number of benzene rings is 1. The Balaban J connectivity index is 1.96. The topological polar surface area (TPSA) is 65.5 Å². The van der Waals surface area contributed by atoms with Gasteiger partial charge < -0.3 is 4.31 Å². The van der Waals surface area contributed by atoms with E-state index in [4.69, 9.17) is 5.21 Å². The zero-order chi connectivity index (χ0) is 13.9. The lowest BCUT2D eigenvalue weighted by Crippen LogP contribution is -2.26. The van der Waals surface area contributed by atoms with Crippen molar-refractivity contribution in [2.45, 2.75) is 17.4 Å². The summed E-state index contributed by atoms with van der Waals surface area (Å²) in [5, 5.41) is 8.75. The van der Waals surface area contributed by atoms with E-state index < -0.39 is 5.91 Å². The van der Waals surface area contributed by atoms with Crippen LogP contribution in [0.4, 0.5) is 5.69 Å². The Morgan fingerprint density at radius 2 is 2.10 bits per heavy atom. The minimum absolute atomic E-state index is 0.155. The van der Waals surface area contributed by atoms with Crippen LogP contribution in [0, 0.1) is 0 Å². The van der Waals surface area contributed by atoms with Gasteiger partial charge in [-0.3, -0.25) is 15.0 Å². The second-order valence-electron chi connectivity index (χ2n) is 4.39. The fourth-order valence-corrected chi connectivity index (χ4v) is 3.38. The third-order valence-corrected chi connectivity index (χ3v) is 4.31. The second-order valence-corrected chi connectivity index (χ2v) is 5.41. The van der Waals surface area contributed by atoms with Crippen LogP contribution in [0.25, 0.3) is 0 Å². The zero-order valence-electron chi connectivity index (χ0n) is 10.6. The number of anilines is 1. The Hall–Kier alpha value is -2.05. The molecule has 20 heavy (non-hydrogen) atoms. The Morgan fingerprint density at radius 1 is 1.30 bits per heavy atom. The van der Waals surface area contributed by atoms with Gasteiger partial charge in [0.2, 0.25) is 5.91 Å². The van der Waals surface area contributed by atoms with Crippen LogP contribution < -0.4 is 9.79 Å². The molecule has 5 nitrogen and oxygen atoms in total. The fraction of sp³-hybridized carbons (Fsp3) is 0.143. The minimum atomic E-state index is -0.421. The number of para-hydroxylation sites is 1. The number of nitrogens with zero attached hydrogens (tertiary/aromatic N) is 2. The van der Waals surface area contributed by atoms with Crippen molar-refractivity contribution in [2.75, 3.05) is 4.31 Å². The SMILES string of the molecule is O=C(CC1c2ncccc2SN1c1ccccc1)NO. The van der Waals surface area contributed by atoms with Crippen molar-refractivity contribution in [3.8, 4) is 0 Å². The van der Waals surface area contributed by atoms with Crippen LogP contribution in [0.5, 0.6) is 0 Å². The van der Waals surface area contributed by atoms with E-state index in [0.717, 1.165) is 16.3 Å². The van der Waals surface area contributed by atoms with Crippen LogP contribution in [-0.2, 0) is 4.79 Å². The van der Waals surface area contributed by atoms with Crippen molar-refractivity contribution in [3.05, 3.63) is 54.4 Å². The summed E-state index contributed by atoms with van der Waals surface area (Å²) in [6.45, 7) is 0. The minimum Gasteiger partial charge on any atom is -0.302 e. The van der Waals surface area contributed by atoms with Crippen molar-refractivity contribution < 1.29 is 10.0 Å². The monoisotopic (exact) mass is 287 g/mol. The Kier molecular flexibility index (Phi) is 3.58. The maximum atomic E-state index is 11.5. The van der Waals surface area contributed by atoms with Crippen molar-refractivity contribution >= 4 is 23.5 Å². The van der Waals surface area contributed by atoms with Gasteiger partial charge in [-0.25, -0.2) is 5.48 Å². The molecule has 0 aliphatic carbocycles. The number of pyridine rings is 1. The summed E-state index contributed by atoms with van der Waals surface area (Å²) in [6.07, 6.45) is 1.88. The smallest absolute Gasteiger partial charge is 0.245 e. The third kappa shape index (κ3) is 2.35. The number of aromatic nitrogens is 1. The van der Waals surface area contributed by atoms with Crippen molar-refractivity contribution in [2.24, 2.45) is 0 Å². The highest BCUT2D eigenvalue weighted by atomic mass is 32.2. The molecule has 3 rings (SSSR count). The van der Waals surface area contributed by atoms with E-state index in [2.05, 4.69) is 4.98 Å². The Bertz CT molecular complexity index is 621. The van der Waals surface area contributed by atoms with E-state index in [9.17, 15) is 4.79 Å². The van der Waals surface area contributed by atoms with Gasteiger partial charge in [0.05, 0.1) is 23.1 Å². The van der Waals surface area contributed by atoms with E-state index in [1.54, 1.807) is 23.6 Å². The molecule has 1 aromatic heterocycles. The molecule has 1 unspecified atom stereocenters. The summed E-state index contributed by atoms with van der Waals surface area (Å²) in [6, 6.07) is 13.5. The predicted molar refractivity (Wildman–Crippen MR) is 76.3 cm³/mol. The molecule has 2 N–H and O–H groups in total. The Labute approximate surface area is 120 Å². The van der Waals surface area contributed by atoms with Gasteiger partial charge in [-0.2, -0.15) is 0 Å². The number of hydrogen-bond donors (Lipinski definition) is 2. The first-order valence-electron chi connectivity index (χ1n) is 6.19. The maximum Gasteiger partial charge on any atom is 0.245 e. The molecule has 1 atom stereocenters. The number of nitrogens with one attached hydrogen (secondary N) is 1. The average Bonchev–Trinajstić information content (AvgIpc) is 2.87. The summed E-state index contributed by atoms with van der Waals surface area (Å²) in [5.41, 5.74) is 3.56. The largest absolute Gasteiger partial charge is 0.302 e. The summed E-state index contributed by atoms with van der Waals surface area (Å²) in [5.74, 6) is -0.421. The molecular formula is C14H13N3O2S. The van der Waals surface area contributed by atoms with E-state index in [1.165, 1.54) is 0 Å². The maximum absolute atomic E-state index is 11.5. The third-order valence-electron chi connectivity index (χ3n) is 3.11. The number of rotatable bonds is 3. The number of hydrogen-bond acceptors (Lipinski definition) is 5. The lowest BCUT2D eigenvalue weighted by molar-refractivity contribution is -0.129. The number of hydroxylamine groups is 1. The molecule has 1 amide bonds. The lowest BCUT2D eigenvalue weighted by Gasteiger charge is -2.24. The second kappa shape index (κ2) is 5.52. The van der Waals surface area contributed by atoms with E-state index in [0.29, 0.717) is 0 Å². The van der Waals surface area contributed by atoms with Crippen LogP contribution in [0.2, 0.25) is 0 Å². The van der Waals surface area contributed by atoms with Gasteiger partial charge in [-0.05, 0) is 36.2 Å². The van der Waals surface area contributed by atoms with Crippen LogP contribution in [-0.4, -0.2) is 16.1 Å². The van der Waals surface area contributed by atoms with Gasteiger partial charge in [0, 0.05) is 11.9 Å². The van der Waals surface area contributed by atoms with Crippen LogP contribution in [0.1, 0.15) is 18.2 Å². The highest BCUT2D eigenvalue weighted by Crippen LogP contribution is 2.47. The van der Waals surface area contributed by atoms with E-state index in [1.807, 2.05) is 46.8 Å². The first kappa shape index (κ1) is 13.0. The molecule has 2 heterocycles. The quantitative estimate of drug-likeness (QED) is 0.516. The number of amides is 1. The molecule has 0 bridgehead atoms. The van der Waals surface area contributed by atoms with Crippen LogP contribution >= 0.6 is 11.9 Å². The Morgan fingerprint density at radius 3 is 2.85 bits per heavy atom. The molecule has 0 spiro atoms. The van der Waals surface area contributed by atoms with Gasteiger partial charge in [0.15, 0.2) is 0 Å². The zero-order valence-corrected chi connectivity index (χ0v) is 11.4. The molecule has 6 heteroatoms. The summed E-state index contributed by atoms with van der Waals surface area (Å²) >= 11 is 1.56. The van der Waals surface area contributed by atoms with E-state index in [-0.39, 0.29) is 12.5 Å². The van der Waals surface area contributed by atoms with Crippen molar-refractivity contribution in [3.63, 3.8) is 0 Å². The number of fused-ring (bicyclic) bond motifs is 1. The first-order chi connectivity index (χ1) is 9.79. The van der Waals surface area contributed by atoms with Gasteiger partial charge in [0.1, 0.15) is 0 Å². The molecule has 0 saturated heterocycles. The van der Waals surface area contributed by atoms with Crippen LogP contribution in [0.3, 0.4) is 0 Å². The van der Waals surface area contributed by atoms with Crippen molar-refractivity contribution in [1.82, 2.24) is 10.5 Å². The predicted octanol–water partition coefficient (Wildman–Crippen LogP) is 2.55. The highest BCUT2D eigenvalue weighted by Gasteiger charge is 2.34. The van der Waals surface area contributed by atoms with Gasteiger partial charge >= 0.3 is 0 Å². The normalized spacial score (nSPS) is 16.9. The molecule has 0 saturated carbocycles. The van der Waals surface area contributed by atoms with Gasteiger partial charge in [-0.15, -0.1) is 0 Å². The molecule has 2 aromatic rings. The molecule has 1 aliphatic heterocycles. The molecule has 1 aromatic carbocycles. The molecule has 102 valence electrons. The van der Waals surface area contributed by atoms with E-state index >= 15 is 0 Å². The standard InChI is InChI=1S/C14H13N3O2S/c18-13(16-19)9-11-14-12(7-4-8-15-14)20-17(11)10-5-2-1-3-6-10/h1-8,11,19H,9H2,(H,16,18). The molecule has 0 radical (unpaired) electrons. The molecule has 1 aliphatic rings. The summed E-state index contributed by atoms with van der Waals surface area (Å²) in [7, 11) is 0. The first-order valence-corrected chi connectivity index (χ1v) is 6.97. The van der Waals surface area contributed by atoms with Gasteiger partial charge in [-0.1, -0.05) is 18.2 Å². The molecule has 0 fully saturated rings. The molecular weight excluding hydrogens is 274 g/mol. The lowest BCUT2D eigenvalue weighted by atomic mass is 10.1. The summed E-state index contributed by atoms with van der Waals surface area (Å²) in [4.78, 5) is 16.9. The average molecular weight is 287 g/mol. The van der Waals surface area contributed by atoms with Crippen LogP contribution in [0.15, 0.2) is 53.6 Å². The fourth-order valence-electron chi connectivity index (χ4n) is 2.22. The van der Waals surface area contributed by atoms with Gasteiger partial charge in [0.25, 0.3) is 0 Å². The highest BCUT2D eigenvalue weighted by molar-refractivity contribution is 8.01. The number of carbonyl (C=O) groups is 1. The van der Waals surface area contributed by atoms with Crippen molar-refractivity contribution in [1.29, 1.82) is 0 Å².